The molecular formula is C23H24N4O9. The number of carboxylic acid groups (broad SMARTS) is 2. The Morgan fingerprint density at radius 2 is 1.78 bits per heavy atom. The van der Waals surface area contributed by atoms with E-state index in [1.165, 1.54) is 48.5 Å². The minimum Gasteiger partial charge on any atom is -0.508 e. The van der Waals surface area contributed by atoms with Crippen molar-refractivity contribution in [2.45, 2.75) is 24.5 Å². The highest BCUT2D eigenvalue weighted by molar-refractivity contribution is 6.45. The number of rotatable bonds is 11. The number of benzene rings is 2. The summed E-state index contributed by atoms with van der Waals surface area (Å²) in [6, 6.07) is 6.46. The molecule has 1 aliphatic heterocycles. The lowest BCUT2D eigenvalue weighted by atomic mass is 9.98. The third-order valence-corrected chi connectivity index (χ3v) is 5.27. The van der Waals surface area contributed by atoms with Crippen molar-refractivity contribution < 1.29 is 47.2 Å². The number of hydrogen-bond donors (Lipinski definition) is 6. The highest BCUT2D eigenvalue weighted by atomic mass is 16.7. The number of nitrogens with zero attached hydrogens (tertiary/aromatic N) is 2. The first kappa shape index (κ1) is 23.1. The number of carbonyl (C=O) groups excluding carboxylic acids is 2. The number of phenolic OH excluding ortho intramolecular Hbond substituents is 1. The first-order valence-corrected chi connectivity index (χ1v) is 10.5. The van der Waals surface area contributed by atoms with Crippen LogP contribution < -0.4 is 15.8 Å². The fourth-order valence-corrected chi connectivity index (χ4v) is 3.35. The van der Waals surface area contributed by atoms with Gasteiger partial charge < -0.3 is 41.2 Å². The molecule has 3 atom stereocenters. The molecule has 2 aromatic carbocycles. The molecule has 1 fully saturated rings. The third kappa shape index (κ3) is 5.88. The summed E-state index contributed by atoms with van der Waals surface area (Å²) in [5.74, 6) is -4.40. The Labute approximate surface area is 207 Å². The van der Waals surface area contributed by atoms with E-state index in [-0.39, 0.29) is 29.2 Å². The Balaban J connectivity index is 1.63. The molecule has 0 unspecified atom stereocenters. The number of carboxylic acids is 2. The fraction of sp³-hybridized carbons (Fsp3) is 0.261. The SMILES string of the molecule is [2H]C([2H])(C[C@@H](N)C(=O)O)Oc1ccc(/C(=[15N]\O)C(=O)N[C@H]2CN([C@@H](C(=O)O)c3ccc(O)cc3)C2=O)cc1. The Morgan fingerprint density at radius 3 is 2.31 bits per heavy atom. The number of aromatic hydroxyl groups is 1. The number of ether oxygens (including phenoxy) is 1. The molecule has 1 saturated heterocycles. The summed E-state index contributed by atoms with van der Waals surface area (Å²) in [6.45, 7) is -2.55. The summed E-state index contributed by atoms with van der Waals surface area (Å²) < 4.78 is 20.7. The van der Waals surface area contributed by atoms with Crippen LogP contribution in [0.4, 0.5) is 0 Å². The lowest BCUT2D eigenvalue weighted by Gasteiger charge is -2.42. The summed E-state index contributed by atoms with van der Waals surface area (Å²) in [6.07, 6.45) is -0.627. The number of amides is 2. The van der Waals surface area contributed by atoms with Crippen molar-refractivity contribution in [1.82, 2.24) is 10.2 Å². The monoisotopic (exact) mass is 503 g/mol. The van der Waals surface area contributed by atoms with Crippen molar-refractivity contribution in [2.24, 2.45) is 10.9 Å². The quantitative estimate of drug-likeness (QED) is 0.0788. The van der Waals surface area contributed by atoms with E-state index >= 15 is 0 Å². The molecule has 0 saturated carbocycles. The van der Waals surface area contributed by atoms with Crippen LogP contribution in [0, 0.1) is 0 Å². The van der Waals surface area contributed by atoms with E-state index in [0.29, 0.717) is 0 Å². The van der Waals surface area contributed by atoms with Gasteiger partial charge in [-0.3, -0.25) is 14.4 Å². The summed E-state index contributed by atoms with van der Waals surface area (Å²) in [5.41, 5.74) is 5.19. The van der Waals surface area contributed by atoms with Crippen molar-refractivity contribution in [1.29, 1.82) is 0 Å². The zero-order valence-electron chi connectivity index (χ0n) is 20.6. The Kier molecular flexibility index (Phi) is 7.18. The standard InChI is InChI=1S/C23H24N4O9/c24-16(22(31)32)9-10-36-15-7-3-12(4-8-15)18(26-35)20(29)25-17-11-27(21(17)30)19(23(33)34)13-1-5-14(28)6-2-13/h1-8,16-17,19,28,35H,9-11,24H2,(H,25,29)(H,31,32)(H,33,34)/b26-18+/t16-,17+,19-/m1/s1/i10D2,26+1. The molecule has 7 N–H and O–H groups in total. The topological polar surface area (TPSA) is 212 Å². The molecule has 1 heterocycles. The second kappa shape index (κ2) is 11.2. The van der Waals surface area contributed by atoms with Gasteiger partial charge in [-0.2, -0.15) is 0 Å². The smallest absolute Gasteiger partial charge is 0.331 e. The molecule has 0 aliphatic carbocycles. The van der Waals surface area contributed by atoms with E-state index in [4.69, 9.17) is 18.3 Å². The molecule has 0 radical (unpaired) electrons. The number of likely N-dealkylation sites (tertiary alicyclic amines) is 1. The van der Waals surface area contributed by atoms with E-state index in [2.05, 4.69) is 10.5 Å². The second-order valence-electron chi connectivity index (χ2n) is 7.72. The molecule has 0 bridgehead atoms. The van der Waals surface area contributed by atoms with Crippen molar-refractivity contribution in [2.75, 3.05) is 13.1 Å². The van der Waals surface area contributed by atoms with Gasteiger partial charge in [-0.1, -0.05) is 17.3 Å². The maximum absolute atomic E-state index is 12.7. The van der Waals surface area contributed by atoms with Gasteiger partial charge in [-0.25, -0.2) is 4.79 Å². The maximum Gasteiger partial charge on any atom is 0.331 e. The van der Waals surface area contributed by atoms with Crippen LogP contribution in [-0.2, 0) is 19.2 Å². The first-order chi connectivity index (χ1) is 17.8. The highest BCUT2D eigenvalue weighted by Crippen LogP contribution is 2.28. The number of aliphatic carboxylic acids is 2. The number of nitrogens with two attached hydrogens (primary N) is 1. The van der Waals surface area contributed by atoms with Crippen molar-refractivity contribution in [3.63, 3.8) is 0 Å². The van der Waals surface area contributed by atoms with Gasteiger partial charge in [0.25, 0.3) is 5.91 Å². The number of hydrogen-bond acceptors (Lipinski definition) is 9. The van der Waals surface area contributed by atoms with Crippen LogP contribution in [0.2, 0.25) is 0 Å². The van der Waals surface area contributed by atoms with Gasteiger partial charge in [0.05, 0.1) is 15.8 Å². The molecular weight excluding hydrogens is 477 g/mol. The van der Waals surface area contributed by atoms with Gasteiger partial charge in [-0.05, 0) is 42.0 Å². The second-order valence-corrected chi connectivity index (χ2v) is 7.72. The third-order valence-electron chi connectivity index (χ3n) is 5.27. The van der Waals surface area contributed by atoms with Gasteiger partial charge in [0.2, 0.25) is 5.91 Å². The molecule has 0 spiro atoms. The van der Waals surface area contributed by atoms with Gasteiger partial charge in [-0.15, -0.1) is 0 Å². The minimum atomic E-state index is -2.41. The maximum atomic E-state index is 12.7. The Hall–Kier alpha value is -4.65. The molecule has 0 aromatic heterocycles. The van der Waals surface area contributed by atoms with E-state index < -0.39 is 60.6 Å². The number of carbonyl (C=O) groups is 4. The van der Waals surface area contributed by atoms with Crippen molar-refractivity contribution in [3.8, 4) is 11.5 Å². The average Bonchev–Trinajstić information content (AvgIpc) is 2.84. The molecule has 13 nitrogen and oxygen atoms in total. The molecule has 1 aliphatic rings. The normalized spacial score (nSPS) is 18.2. The minimum absolute atomic E-state index is 0.0206. The average molecular weight is 503 g/mol. The number of β-lactam (4-membered cyclic amide) rings is 1. The zero-order chi connectivity index (χ0) is 28.2. The fourth-order valence-electron chi connectivity index (χ4n) is 3.35. The summed E-state index contributed by atoms with van der Waals surface area (Å²) >= 11 is 0. The first-order valence-electron chi connectivity index (χ1n) is 11.5. The van der Waals surface area contributed by atoms with Crippen LogP contribution in [0.5, 0.6) is 11.5 Å². The number of oxime groups is 1. The predicted octanol–water partition coefficient (Wildman–Crippen LogP) is -0.0958. The zero-order valence-corrected chi connectivity index (χ0v) is 18.6. The van der Waals surface area contributed by atoms with Crippen LogP contribution in [0.25, 0.3) is 0 Å². The van der Waals surface area contributed by atoms with Gasteiger partial charge in [0, 0.05) is 12.0 Å². The lowest BCUT2D eigenvalue weighted by molar-refractivity contribution is -0.160. The summed E-state index contributed by atoms with van der Waals surface area (Å²) in [4.78, 5) is 48.9. The number of phenols is 1. The predicted molar refractivity (Wildman–Crippen MR) is 123 cm³/mol. The lowest BCUT2D eigenvalue weighted by Crippen LogP contribution is -2.66. The van der Waals surface area contributed by atoms with Gasteiger partial charge in [0.15, 0.2) is 11.8 Å². The van der Waals surface area contributed by atoms with E-state index in [0.717, 1.165) is 4.90 Å². The number of nitrogens with one attached hydrogen (secondary N) is 1. The van der Waals surface area contributed by atoms with Crippen molar-refractivity contribution in [3.05, 3.63) is 59.7 Å². The molecule has 13 heteroatoms. The van der Waals surface area contributed by atoms with Crippen LogP contribution in [0.1, 0.15) is 26.3 Å². The van der Waals surface area contributed by atoms with Crippen LogP contribution in [0.15, 0.2) is 53.7 Å². The van der Waals surface area contributed by atoms with Crippen LogP contribution in [-0.4, -0.2) is 80.1 Å². The summed E-state index contributed by atoms with van der Waals surface area (Å²) in [7, 11) is 0. The highest BCUT2D eigenvalue weighted by Gasteiger charge is 2.45. The van der Waals surface area contributed by atoms with E-state index in [9.17, 15) is 34.6 Å². The molecule has 3 rings (SSSR count). The van der Waals surface area contributed by atoms with Gasteiger partial charge >= 0.3 is 11.9 Å². The largest absolute Gasteiger partial charge is 0.508 e. The van der Waals surface area contributed by atoms with Crippen LogP contribution >= 0.6 is 0 Å². The van der Waals surface area contributed by atoms with Crippen LogP contribution in [0.3, 0.4) is 0 Å². The van der Waals surface area contributed by atoms with E-state index in [1.54, 1.807) is 0 Å². The molecule has 2 amide bonds. The van der Waals surface area contributed by atoms with Crippen molar-refractivity contribution >= 4 is 29.5 Å². The van der Waals surface area contributed by atoms with Gasteiger partial charge in [0.1, 0.15) is 23.6 Å². The molecule has 36 heavy (non-hydrogen) atoms. The Morgan fingerprint density at radius 1 is 1.14 bits per heavy atom. The molecule has 190 valence electrons. The van der Waals surface area contributed by atoms with E-state index in [1.807, 2.05) is 0 Å². The Bertz CT molecular complexity index is 1250. The summed E-state index contributed by atoms with van der Waals surface area (Å²) in [5, 5.41) is 42.6. The molecule has 2 aromatic rings.